The number of aromatic nitrogens is 1. The van der Waals surface area contributed by atoms with E-state index in [0.29, 0.717) is 31.9 Å². The van der Waals surface area contributed by atoms with Crippen molar-refractivity contribution in [1.82, 2.24) is 9.88 Å². The Balaban J connectivity index is 1.33. The number of nitrogens with zero attached hydrogens (tertiary/aromatic N) is 2. The van der Waals surface area contributed by atoms with Gasteiger partial charge in [-0.2, -0.15) is 0 Å². The maximum absolute atomic E-state index is 13.7. The van der Waals surface area contributed by atoms with E-state index in [1.165, 1.54) is 6.07 Å². The monoisotopic (exact) mass is 356 g/mol. The molecule has 1 aromatic heterocycles. The number of halogens is 1. The first-order chi connectivity index (χ1) is 12.7. The lowest BCUT2D eigenvalue weighted by molar-refractivity contribution is -0.166. The molecule has 2 fully saturated rings. The summed E-state index contributed by atoms with van der Waals surface area (Å²) in [6.45, 7) is 2.31. The van der Waals surface area contributed by atoms with E-state index < -0.39 is 0 Å². The van der Waals surface area contributed by atoms with Crippen LogP contribution in [0.15, 0.2) is 48.8 Å². The third kappa shape index (κ3) is 3.29. The summed E-state index contributed by atoms with van der Waals surface area (Å²) in [6.07, 6.45) is 4.39. The highest BCUT2D eigenvalue weighted by molar-refractivity contribution is 5.80. The third-order valence-electron chi connectivity index (χ3n) is 5.25. The molecule has 1 atom stereocenters. The van der Waals surface area contributed by atoms with Gasteiger partial charge in [0.05, 0.1) is 32.3 Å². The molecule has 2 aliphatic rings. The van der Waals surface area contributed by atoms with Crippen LogP contribution < -0.4 is 4.74 Å². The minimum atomic E-state index is -0.337. The minimum Gasteiger partial charge on any atom is -0.492 e. The first-order valence-electron chi connectivity index (χ1n) is 8.84. The lowest BCUT2D eigenvalue weighted by Gasteiger charge is -2.50. The van der Waals surface area contributed by atoms with Crippen LogP contribution >= 0.6 is 0 Å². The Labute approximate surface area is 151 Å². The molecule has 26 heavy (non-hydrogen) atoms. The summed E-state index contributed by atoms with van der Waals surface area (Å²) in [5.41, 5.74) is 0.106. The van der Waals surface area contributed by atoms with E-state index in [-0.39, 0.29) is 29.7 Å². The first-order valence-corrected chi connectivity index (χ1v) is 8.84. The van der Waals surface area contributed by atoms with Crippen LogP contribution in [0.25, 0.3) is 0 Å². The van der Waals surface area contributed by atoms with Crippen molar-refractivity contribution in [1.29, 1.82) is 0 Å². The molecular weight excluding hydrogens is 335 g/mol. The van der Waals surface area contributed by atoms with Crippen LogP contribution in [-0.2, 0) is 16.0 Å². The van der Waals surface area contributed by atoms with Gasteiger partial charge in [-0.3, -0.25) is 9.78 Å². The summed E-state index contributed by atoms with van der Waals surface area (Å²) in [5.74, 6) is 0.570. The Hall–Kier alpha value is -2.47. The maximum atomic E-state index is 13.7. The van der Waals surface area contributed by atoms with Gasteiger partial charge in [0.1, 0.15) is 17.2 Å². The molecule has 0 aliphatic carbocycles. The van der Waals surface area contributed by atoms with Gasteiger partial charge < -0.3 is 14.4 Å². The van der Waals surface area contributed by atoms with E-state index in [1.54, 1.807) is 35.5 Å². The molecule has 2 aromatic rings. The van der Waals surface area contributed by atoms with Gasteiger partial charge in [0.25, 0.3) is 0 Å². The molecule has 1 spiro atoms. The highest BCUT2D eigenvalue weighted by Crippen LogP contribution is 2.40. The van der Waals surface area contributed by atoms with E-state index in [9.17, 15) is 9.18 Å². The summed E-state index contributed by atoms with van der Waals surface area (Å²) < 4.78 is 25.5. The average molecular weight is 356 g/mol. The lowest BCUT2D eigenvalue weighted by Crippen LogP contribution is -2.67. The fraction of sp³-hybridized carbons (Fsp3) is 0.400. The molecule has 0 N–H and O–H groups in total. The molecular formula is C20H21FN2O3. The van der Waals surface area contributed by atoms with Gasteiger partial charge in [-0.25, -0.2) is 4.39 Å². The highest BCUT2D eigenvalue weighted by atomic mass is 19.1. The smallest absolute Gasteiger partial charge is 0.227 e. The number of rotatable bonds is 5. The molecule has 2 aliphatic heterocycles. The minimum absolute atomic E-state index is 0.0665. The normalized spacial score (nSPS) is 20.8. The number of carbonyl (C=O) groups is 1. The lowest BCUT2D eigenvalue weighted by atomic mass is 9.81. The first kappa shape index (κ1) is 17.0. The van der Waals surface area contributed by atoms with Crippen molar-refractivity contribution in [3.63, 3.8) is 0 Å². The van der Waals surface area contributed by atoms with E-state index in [0.717, 1.165) is 12.2 Å². The summed E-state index contributed by atoms with van der Waals surface area (Å²) in [6, 6.07) is 10.1. The van der Waals surface area contributed by atoms with E-state index >= 15 is 0 Å². The summed E-state index contributed by atoms with van der Waals surface area (Å²) in [4.78, 5) is 18.2. The van der Waals surface area contributed by atoms with Crippen LogP contribution in [0.3, 0.4) is 0 Å². The molecule has 0 saturated carbocycles. The molecule has 136 valence electrons. The molecule has 1 amide bonds. The topological polar surface area (TPSA) is 51.7 Å². The van der Waals surface area contributed by atoms with Crippen molar-refractivity contribution in [2.75, 3.05) is 26.3 Å². The van der Waals surface area contributed by atoms with Crippen molar-refractivity contribution in [2.24, 2.45) is 5.92 Å². The van der Waals surface area contributed by atoms with Crippen molar-refractivity contribution >= 4 is 5.91 Å². The van der Waals surface area contributed by atoms with Gasteiger partial charge in [-0.15, -0.1) is 0 Å². The summed E-state index contributed by atoms with van der Waals surface area (Å²) >= 11 is 0. The van der Waals surface area contributed by atoms with Crippen LogP contribution in [0, 0.1) is 11.7 Å². The zero-order valence-corrected chi connectivity index (χ0v) is 14.4. The van der Waals surface area contributed by atoms with Crippen LogP contribution in [0.1, 0.15) is 12.0 Å². The zero-order valence-electron chi connectivity index (χ0n) is 14.4. The van der Waals surface area contributed by atoms with Crippen LogP contribution in [0.2, 0.25) is 0 Å². The van der Waals surface area contributed by atoms with Gasteiger partial charge in [-0.1, -0.05) is 18.2 Å². The second kappa shape index (κ2) is 7.03. The standard InChI is InChI=1S/C20H21FN2O3/c21-18-6-2-1-4-15(18)10-19(24)23-13-20(14-23)16(7-9-26-20)12-25-17-5-3-8-22-11-17/h1-6,8,11,16H,7,9-10,12-14H2. The Bertz CT molecular complexity index is 778. The maximum Gasteiger partial charge on any atom is 0.227 e. The van der Waals surface area contributed by atoms with Gasteiger partial charge in [0.15, 0.2) is 0 Å². The predicted octanol–water partition coefficient (Wildman–Crippen LogP) is 2.46. The number of hydrogen-bond acceptors (Lipinski definition) is 4. The number of ether oxygens (including phenoxy) is 2. The number of likely N-dealkylation sites (tertiary alicyclic amines) is 1. The molecule has 3 heterocycles. The Kier molecular flexibility index (Phi) is 4.59. The molecule has 0 radical (unpaired) electrons. The molecule has 0 bridgehead atoms. The van der Waals surface area contributed by atoms with Crippen molar-refractivity contribution in [3.05, 3.63) is 60.2 Å². The van der Waals surface area contributed by atoms with Gasteiger partial charge in [0, 0.05) is 18.7 Å². The molecule has 5 nitrogen and oxygen atoms in total. The molecule has 1 unspecified atom stereocenters. The number of carbonyl (C=O) groups excluding carboxylic acids is 1. The Morgan fingerprint density at radius 1 is 1.31 bits per heavy atom. The number of pyridine rings is 1. The van der Waals surface area contributed by atoms with Crippen LogP contribution in [0.4, 0.5) is 4.39 Å². The second-order valence-electron chi connectivity index (χ2n) is 6.92. The van der Waals surface area contributed by atoms with Crippen molar-refractivity contribution in [2.45, 2.75) is 18.4 Å². The number of amides is 1. The Morgan fingerprint density at radius 2 is 2.15 bits per heavy atom. The van der Waals surface area contributed by atoms with E-state index in [2.05, 4.69) is 4.98 Å². The second-order valence-corrected chi connectivity index (χ2v) is 6.92. The number of benzene rings is 1. The fourth-order valence-electron chi connectivity index (χ4n) is 3.69. The quantitative estimate of drug-likeness (QED) is 0.826. The van der Waals surface area contributed by atoms with E-state index in [4.69, 9.17) is 9.47 Å². The van der Waals surface area contributed by atoms with Crippen LogP contribution in [-0.4, -0.2) is 47.7 Å². The SMILES string of the molecule is O=C(Cc1ccccc1F)N1CC2(C1)OCCC2COc1cccnc1. The molecule has 6 heteroatoms. The van der Waals surface area contributed by atoms with Gasteiger partial charge in [-0.05, 0) is 30.2 Å². The average Bonchev–Trinajstić information content (AvgIpc) is 3.05. The van der Waals surface area contributed by atoms with E-state index in [1.807, 2.05) is 12.1 Å². The summed E-state index contributed by atoms with van der Waals surface area (Å²) in [5, 5.41) is 0. The zero-order chi connectivity index (χ0) is 18.0. The van der Waals surface area contributed by atoms with Gasteiger partial charge >= 0.3 is 0 Å². The predicted molar refractivity (Wildman–Crippen MR) is 93.2 cm³/mol. The largest absolute Gasteiger partial charge is 0.492 e. The van der Waals surface area contributed by atoms with Crippen LogP contribution in [0.5, 0.6) is 5.75 Å². The molecule has 2 saturated heterocycles. The number of hydrogen-bond donors (Lipinski definition) is 0. The molecule has 4 rings (SSSR count). The van der Waals surface area contributed by atoms with Gasteiger partial charge in [0.2, 0.25) is 5.91 Å². The van der Waals surface area contributed by atoms with Crippen molar-refractivity contribution < 1.29 is 18.7 Å². The van der Waals surface area contributed by atoms with Crippen molar-refractivity contribution in [3.8, 4) is 5.75 Å². The Morgan fingerprint density at radius 3 is 2.92 bits per heavy atom. The molecule has 1 aromatic carbocycles. The summed E-state index contributed by atoms with van der Waals surface area (Å²) in [7, 11) is 0. The fourth-order valence-corrected chi connectivity index (χ4v) is 3.69. The third-order valence-corrected chi connectivity index (χ3v) is 5.25. The highest BCUT2D eigenvalue weighted by Gasteiger charge is 2.54.